The highest BCUT2D eigenvalue weighted by Gasteiger charge is 2.19. The Hall–Kier alpha value is -1.87. The summed E-state index contributed by atoms with van der Waals surface area (Å²) in [6.45, 7) is 0.995. The number of carbonyl (C=O) groups excluding carboxylic acids is 1. The minimum Gasteiger partial charge on any atom is -0.385 e. The molecule has 0 atom stereocenters. The lowest BCUT2D eigenvalue weighted by Gasteiger charge is -2.12. The largest absolute Gasteiger partial charge is 0.385 e. The van der Waals surface area contributed by atoms with Crippen LogP contribution in [0.25, 0.3) is 21.3 Å². The molecule has 6 nitrogen and oxygen atoms in total. The fourth-order valence-corrected chi connectivity index (χ4v) is 4.87. The lowest BCUT2D eigenvalue weighted by Crippen LogP contribution is -2.25. The summed E-state index contributed by atoms with van der Waals surface area (Å²) in [6.07, 6.45) is 0.669. The van der Waals surface area contributed by atoms with Gasteiger partial charge in [-0.2, -0.15) is 0 Å². The summed E-state index contributed by atoms with van der Waals surface area (Å²) in [4.78, 5) is 30.3. The molecule has 2 heterocycles. The van der Waals surface area contributed by atoms with Gasteiger partial charge in [0.1, 0.15) is 4.83 Å². The SMILES string of the molecule is CNC(=O)CSc1nc2scc(-c3ccccc3Cl)c2c(=O)n1CCCOC. The van der Waals surface area contributed by atoms with E-state index in [1.165, 1.54) is 23.1 Å². The quantitative estimate of drug-likeness (QED) is 0.331. The molecule has 0 radical (unpaired) electrons. The molecule has 0 bridgehead atoms. The number of benzene rings is 1. The van der Waals surface area contributed by atoms with E-state index in [1.54, 1.807) is 24.8 Å². The van der Waals surface area contributed by atoms with Crippen LogP contribution in [0.15, 0.2) is 39.6 Å². The van der Waals surface area contributed by atoms with Gasteiger partial charge < -0.3 is 10.1 Å². The third-order valence-corrected chi connectivity index (χ3v) is 6.34. The molecule has 0 unspecified atom stereocenters. The highest BCUT2D eigenvalue weighted by Crippen LogP contribution is 2.35. The summed E-state index contributed by atoms with van der Waals surface area (Å²) in [5, 5.41) is 6.17. The van der Waals surface area contributed by atoms with Crippen molar-refractivity contribution in [3.8, 4) is 11.1 Å². The Balaban J connectivity index is 2.11. The summed E-state index contributed by atoms with van der Waals surface area (Å²) in [6, 6.07) is 7.45. The van der Waals surface area contributed by atoms with Crippen LogP contribution in [0.5, 0.6) is 0 Å². The molecule has 1 N–H and O–H groups in total. The molecule has 2 aromatic heterocycles. The van der Waals surface area contributed by atoms with Crippen LogP contribution in [-0.4, -0.2) is 42.0 Å². The van der Waals surface area contributed by atoms with Crippen LogP contribution in [-0.2, 0) is 16.1 Å². The van der Waals surface area contributed by atoms with E-state index in [-0.39, 0.29) is 17.2 Å². The van der Waals surface area contributed by atoms with Crippen molar-refractivity contribution in [3.63, 3.8) is 0 Å². The second-order valence-electron chi connectivity index (χ2n) is 5.97. The molecule has 0 aliphatic rings. The highest BCUT2D eigenvalue weighted by atomic mass is 35.5. The summed E-state index contributed by atoms with van der Waals surface area (Å²) in [5.41, 5.74) is 1.46. The third kappa shape index (κ3) is 4.41. The van der Waals surface area contributed by atoms with Crippen molar-refractivity contribution < 1.29 is 9.53 Å². The predicted molar refractivity (Wildman–Crippen MR) is 116 cm³/mol. The molecule has 0 fully saturated rings. The average molecular weight is 438 g/mol. The number of carbonyl (C=O) groups is 1. The smallest absolute Gasteiger partial charge is 0.263 e. The van der Waals surface area contributed by atoms with Crippen LogP contribution >= 0.6 is 34.7 Å². The van der Waals surface area contributed by atoms with Gasteiger partial charge in [-0.25, -0.2) is 4.98 Å². The van der Waals surface area contributed by atoms with Gasteiger partial charge in [-0.05, 0) is 12.5 Å². The van der Waals surface area contributed by atoms with Crippen LogP contribution in [0.3, 0.4) is 0 Å². The number of thioether (sulfide) groups is 1. The number of fused-ring (bicyclic) bond motifs is 1. The van der Waals surface area contributed by atoms with Crippen molar-refractivity contribution in [3.05, 3.63) is 45.0 Å². The predicted octanol–water partition coefficient (Wildman–Crippen LogP) is 3.65. The lowest BCUT2D eigenvalue weighted by atomic mass is 10.1. The number of nitrogens with one attached hydrogen (secondary N) is 1. The maximum Gasteiger partial charge on any atom is 0.263 e. The summed E-state index contributed by atoms with van der Waals surface area (Å²) >= 11 is 9.01. The monoisotopic (exact) mass is 437 g/mol. The zero-order chi connectivity index (χ0) is 20.1. The van der Waals surface area contributed by atoms with Crippen molar-refractivity contribution in [2.45, 2.75) is 18.1 Å². The topological polar surface area (TPSA) is 73.2 Å². The number of ether oxygens (including phenoxy) is 1. The van der Waals surface area contributed by atoms with Gasteiger partial charge in [-0.1, -0.05) is 41.6 Å². The number of hydrogen-bond acceptors (Lipinski definition) is 6. The normalized spacial score (nSPS) is 11.1. The average Bonchev–Trinajstić information content (AvgIpc) is 3.12. The summed E-state index contributed by atoms with van der Waals surface area (Å²) in [7, 11) is 3.21. The second kappa shape index (κ2) is 9.56. The van der Waals surface area contributed by atoms with Crippen molar-refractivity contribution in [1.29, 1.82) is 0 Å². The molecule has 148 valence electrons. The fraction of sp³-hybridized carbons (Fsp3) is 0.316. The van der Waals surface area contributed by atoms with Gasteiger partial charge in [0.25, 0.3) is 5.56 Å². The number of hydrogen-bond donors (Lipinski definition) is 1. The van der Waals surface area contributed by atoms with Crippen molar-refractivity contribution in [2.75, 3.05) is 26.5 Å². The van der Waals surface area contributed by atoms with E-state index in [0.29, 0.717) is 40.0 Å². The fourth-order valence-electron chi connectivity index (χ4n) is 2.76. The molecule has 28 heavy (non-hydrogen) atoms. The van der Waals surface area contributed by atoms with E-state index in [4.69, 9.17) is 16.3 Å². The van der Waals surface area contributed by atoms with Gasteiger partial charge in [0.2, 0.25) is 5.91 Å². The van der Waals surface area contributed by atoms with E-state index < -0.39 is 0 Å². The Bertz CT molecular complexity index is 1050. The number of amides is 1. The Morgan fingerprint density at radius 1 is 1.36 bits per heavy atom. The van der Waals surface area contributed by atoms with Crippen molar-refractivity contribution in [2.24, 2.45) is 0 Å². The zero-order valence-corrected chi connectivity index (χ0v) is 17.9. The van der Waals surface area contributed by atoms with E-state index in [2.05, 4.69) is 10.3 Å². The van der Waals surface area contributed by atoms with Crippen LogP contribution in [0.1, 0.15) is 6.42 Å². The summed E-state index contributed by atoms with van der Waals surface area (Å²) < 4.78 is 6.75. The summed E-state index contributed by atoms with van der Waals surface area (Å²) in [5.74, 6) is 0.0762. The lowest BCUT2D eigenvalue weighted by molar-refractivity contribution is -0.118. The van der Waals surface area contributed by atoms with Crippen LogP contribution in [0.4, 0.5) is 0 Å². The molecule has 0 spiro atoms. The molecular weight excluding hydrogens is 418 g/mol. The minimum absolute atomic E-state index is 0.120. The van der Waals surface area contributed by atoms with E-state index >= 15 is 0 Å². The number of halogens is 1. The maximum atomic E-state index is 13.4. The Kier molecular flexibility index (Phi) is 7.12. The number of methoxy groups -OCH3 is 1. The molecule has 3 aromatic rings. The molecule has 9 heteroatoms. The number of nitrogens with zero attached hydrogens (tertiary/aromatic N) is 2. The van der Waals surface area contributed by atoms with Crippen molar-refractivity contribution >= 4 is 50.8 Å². The zero-order valence-electron chi connectivity index (χ0n) is 15.5. The van der Waals surface area contributed by atoms with E-state index in [9.17, 15) is 9.59 Å². The number of aromatic nitrogens is 2. The number of rotatable bonds is 8. The molecule has 0 aliphatic carbocycles. The molecule has 0 aliphatic heterocycles. The van der Waals surface area contributed by atoms with Crippen LogP contribution in [0, 0.1) is 0 Å². The van der Waals surface area contributed by atoms with E-state index in [1.807, 2.05) is 23.6 Å². The Morgan fingerprint density at radius 3 is 2.86 bits per heavy atom. The molecule has 0 saturated heterocycles. The van der Waals surface area contributed by atoms with Gasteiger partial charge >= 0.3 is 0 Å². The molecular formula is C19H20ClN3O3S2. The van der Waals surface area contributed by atoms with Gasteiger partial charge in [0, 0.05) is 48.8 Å². The van der Waals surface area contributed by atoms with Crippen LogP contribution in [0.2, 0.25) is 5.02 Å². The third-order valence-electron chi connectivity index (χ3n) is 4.16. The van der Waals surface area contributed by atoms with E-state index in [0.717, 1.165) is 11.1 Å². The van der Waals surface area contributed by atoms with Crippen LogP contribution < -0.4 is 10.9 Å². The van der Waals surface area contributed by atoms with Gasteiger partial charge in [0.15, 0.2) is 5.16 Å². The first-order chi connectivity index (χ1) is 13.6. The van der Waals surface area contributed by atoms with Gasteiger partial charge in [-0.15, -0.1) is 11.3 Å². The van der Waals surface area contributed by atoms with Gasteiger partial charge in [0.05, 0.1) is 11.1 Å². The Labute approximate surface area is 175 Å². The first kappa shape index (κ1) is 20.9. The Morgan fingerprint density at radius 2 is 2.14 bits per heavy atom. The maximum absolute atomic E-state index is 13.4. The number of thiophene rings is 1. The second-order valence-corrected chi connectivity index (χ2v) is 8.18. The standard InChI is InChI=1S/C19H20ClN3O3S2/c1-21-15(24)11-28-19-22-17-16(18(25)23(19)8-5-9-26-2)13(10-27-17)12-6-3-4-7-14(12)20/h3-4,6-7,10H,5,8-9,11H2,1-2H3,(H,21,24). The molecule has 0 saturated carbocycles. The minimum atomic E-state index is -0.128. The van der Waals surface area contributed by atoms with Crippen molar-refractivity contribution in [1.82, 2.24) is 14.9 Å². The molecule has 1 amide bonds. The first-order valence-electron chi connectivity index (χ1n) is 8.66. The molecule has 1 aromatic carbocycles. The first-order valence-corrected chi connectivity index (χ1v) is 10.9. The molecule has 3 rings (SSSR count). The van der Waals surface area contributed by atoms with Gasteiger partial charge in [-0.3, -0.25) is 14.2 Å². The highest BCUT2D eigenvalue weighted by molar-refractivity contribution is 7.99.